The molecule has 0 aliphatic carbocycles. The molecule has 392 valence electrons. The van der Waals surface area contributed by atoms with Gasteiger partial charge in [0.25, 0.3) is 0 Å². The van der Waals surface area contributed by atoms with Crippen molar-refractivity contribution < 1.29 is 154 Å². The zero-order valence-electron chi connectivity index (χ0n) is 35.0. The molecule has 6 fully saturated rings. The third-order valence-electron chi connectivity index (χ3n) is 12.4. The van der Waals surface area contributed by atoms with Crippen molar-refractivity contribution in [1.82, 2.24) is 0 Å². The fourth-order valence-electron chi connectivity index (χ4n) is 8.31. The van der Waals surface area contributed by atoms with Gasteiger partial charge in [-0.25, -0.2) is 0 Å². The van der Waals surface area contributed by atoms with Crippen LogP contribution in [0.4, 0.5) is 0 Å². The van der Waals surface area contributed by atoms with E-state index in [-0.39, 0.29) is 0 Å². The highest BCUT2D eigenvalue weighted by atomic mass is 16.8. The summed E-state index contributed by atoms with van der Waals surface area (Å²) in [5.74, 6) is 0. The minimum Gasteiger partial charge on any atom is -0.394 e. The standard InChI is InChI=1S/C36H62O31/c37-1-7-13(41)16(44)23(51)34(60-7)66-29-9(3-39)61-32(26(54)20(29)48)58-6-12-15(43)18(46)25(53)36(64-12)67-30-10(4-40)62-33(27(55)21(30)49)57-5-11-14(42)17(45)24(52)35(63-11)65-28-8(2-38)59-31(56)22(50)19(28)47/h7-56H,1-6H2/t7-,8-,9-,10-,11-,12-,13-,14-,15-,16+,17+,18+,19-,20-,21-,22-,23-,24-,25-,26-,27-,28-,29-,30-,31?,32+,33+,34-,35-,36-/m1/s1. The molecule has 67 heavy (non-hydrogen) atoms. The Morgan fingerprint density at radius 3 is 0.866 bits per heavy atom. The Morgan fingerprint density at radius 1 is 0.254 bits per heavy atom. The fraction of sp³-hybridized carbons (Fsp3) is 1.00. The van der Waals surface area contributed by atoms with E-state index >= 15 is 0 Å². The van der Waals surface area contributed by atoms with Gasteiger partial charge < -0.3 is 154 Å². The molecule has 6 rings (SSSR count). The molecule has 31 heteroatoms. The molecule has 0 radical (unpaired) electrons. The monoisotopic (exact) mass is 990 g/mol. The average molecular weight is 991 g/mol. The van der Waals surface area contributed by atoms with Crippen molar-refractivity contribution >= 4 is 0 Å². The van der Waals surface area contributed by atoms with Crippen LogP contribution >= 0.6 is 0 Å². The molecule has 6 saturated heterocycles. The van der Waals surface area contributed by atoms with E-state index in [4.69, 9.17) is 52.1 Å². The van der Waals surface area contributed by atoms with Gasteiger partial charge in [-0.15, -0.1) is 0 Å². The van der Waals surface area contributed by atoms with Crippen molar-refractivity contribution in [3.63, 3.8) is 0 Å². The van der Waals surface area contributed by atoms with E-state index in [0.29, 0.717) is 0 Å². The summed E-state index contributed by atoms with van der Waals surface area (Å²) < 4.78 is 60.2. The maximum atomic E-state index is 11.1. The van der Waals surface area contributed by atoms with E-state index in [9.17, 15) is 102 Å². The summed E-state index contributed by atoms with van der Waals surface area (Å²) in [4.78, 5) is 0. The smallest absolute Gasteiger partial charge is 0.187 e. The van der Waals surface area contributed by atoms with Crippen molar-refractivity contribution in [2.75, 3.05) is 39.6 Å². The van der Waals surface area contributed by atoms with Gasteiger partial charge in [-0.2, -0.15) is 0 Å². The molecule has 1 unspecified atom stereocenters. The van der Waals surface area contributed by atoms with Crippen molar-refractivity contribution in [3.05, 3.63) is 0 Å². The first-order chi connectivity index (χ1) is 31.7. The highest BCUT2D eigenvalue weighted by Crippen LogP contribution is 2.34. The molecule has 31 nitrogen and oxygen atoms in total. The van der Waals surface area contributed by atoms with Gasteiger partial charge >= 0.3 is 0 Å². The van der Waals surface area contributed by atoms with Crippen LogP contribution in [0.2, 0.25) is 0 Å². The maximum Gasteiger partial charge on any atom is 0.187 e. The third-order valence-corrected chi connectivity index (χ3v) is 12.4. The summed E-state index contributed by atoms with van der Waals surface area (Å²) in [6, 6.07) is 0. The summed E-state index contributed by atoms with van der Waals surface area (Å²) in [6.07, 6.45) is -55.5. The van der Waals surface area contributed by atoms with Crippen molar-refractivity contribution in [2.45, 2.75) is 184 Å². The first-order valence-corrected chi connectivity index (χ1v) is 21.1. The number of ether oxygens (including phenoxy) is 11. The van der Waals surface area contributed by atoms with E-state index < -0.39 is 224 Å². The Hall–Kier alpha value is -1.24. The van der Waals surface area contributed by atoms with Gasteiger partial charge in [-0.1, -0.05) is 0 Å². The van der Waals surface area contributed by atoms with E-state index in [0.717, 1.165) is 0 Å². The van der Waals surface area contributed by atoms with Crippen molar-refractivity contribution in [2.24, 2.45) is 0 Å². The minimum absolute atomic E-state index is 0.810. The van der Waals surface area contributed by atoms with Gasteiger partial charge in [-0.05, 0) is 0 Å². The van der Waals surface area contributed by atoms with Crippen LogP contribution in [0.3, 0.4) is 0 Å². The SMILES string of the molecule is OC[C@H]1O[C@H](O[C@H]2[C@H](O)[C@@H](O)[C@@H](OC[C@H]3O[C@H](O[C@H]4[C@H](O)[C@@H](O)[C@@H](OC[C@H]5O[C@H](O[C@H]6[C@H](O)[C@@H](O)C(O)O[C@@H]6CO)[C@H](O)[C@@H](O)[C@@H]5O)O[C@@H]4CO)[C@H](O)[C@@H](O)[C@@H]3O)O[C@@H]2CO)[C@H](O)[C@@H](O)[C@@H]1O. The minimum atomic E-state index is -2.09. The Balaban J connectivity index is 1.04. The summed E-state index contributed by atoms with van der Waals surface area (Å²) in [7, 11) is 0. The molecule has 0 aromatic heterocycles. The molecule has 6 aliphatic heterocycles. The Morgan fingerprint density at radius 2 is 0.522 bits per heavy atom. The van der Waals surface area contributed by atoms with Gasteiger partial charge in [0.2, 0.25) is 0 Å². The van der Waals surface area contributed by atoms with E-state index in [1.54, 1.807) is 0 Å². The van der Waals surface area contributed by atoms with E-state index in [1.807, 2.05) is 0 Å². The highest BCUT2D eigenvalue weighted by molar-refractivity contribution is 4.98. The van der Waals surface area contributed by atoms with Crippen LogP contribution in [-0.2, 0) is 52.1 Å². The van der Waals surface area contributed by atoms with Crippen LogP contribution < -0.4 is 0 Å². The Kier molecular flexibility index (Phi) is 19.4. The fourth-order valence-corrected chi connectivity index (χ4v) is 8.31. The number of hydrogen-bond acceptors (Lipinski definition) is 31. The van der Waals surface area contributed by atoms with Crippen LogP contribution in [0.5, 0.6) is 0 Å². The predicted octanol–water partition coefficient (Wildman–Crippen LogP) is -14.1. The van der Waals surface area contributed by atoms with Crippen molar-refractivity contribution in [3.8, 4) is 0 Å². The van der Waals surface area contributed by atoms with E-state index in [2.05, 4.69) is 0 Å². The lowest BCUT2D eigenvalue weighted by Gasteiger charge is -2.47. The largest absolute Gasteiger partial charge is 0.394 e. The van der Waals surface area contributed by atoms with Gasteiger partial charge in [0, 0.05) is 0 Å². The van der Waals surface area contributed by atoms with E-state index in [1.165, 1.54) is 0 Å². The van der Waals surface area contributed by atoms with Crippen LogP contribution in [0, 0.1) is 0 Å². The van der Waals surface area contributed by atoms with Crippen LogP contribution in [0.25, 0.3) is 0 Å². The first-order valence-electron chi connectivity index (χ1n) is 21.1. The zero-order valence-corrected chi connectivity index (χ0v) is 35.0. The second kappa shape index (κ2) is 23.5. The zero-order chi connectivity index (χ0) is 49.3. The maximum absolute atomic E-state index is 11.1. The molecule has 6 aliphatic rings. The number of rotatable bonds is 16. The molecule has 0 saturated carbocycles. The van der Waals surface area contributed by atoms with Gasteiger partial charge in [-0.3, -0.25) is 0 Å². The normalized spacial score (nSPS) is 53.4. The topological polar surface area (TPSA) is 506 Å². The molecule has 20 N–H and O–H groups in total. The molecule has 0 spiro atoms. The van der Waals surface area contributed by atoms with Crippen LogP contribution in [0.1, 0.15) is 0 Å². The van der Waals surface area contributed by atoms with Gasteiger partial charge in [0.15, 0.2) is 37.7 Å². The van der Waals surface area contributed by atoms with Crippen LogP contribution in [0.15, 0.2) is 0 Å². The molecule has 0 amide bonds. The molecule has 30 atom stereocenters. The average Bonchev–Trinajstić information content (AvgIpc) is 3.32. The van der Waals surface area contributed by atoms with Gasteiger partial charge in [0.1, 0.15) is 146 Å². The lowest BCUT2D eigenvalue weighted by Crippen LogP contribution is -2.66. The van der Waals surface area contributed by atoms with Gasteiger partial charge in [0.05, 0.1) is 39.6 Å². The highest BCUT2D eigenvalue weighted by Gasteiger charge is 2.55. The number of hydrogen-bond donors (Lipinski definition) is 20. The molecule has 0 aromatic carbocycles. The molecular formula is C36H62O31. The molecule has 6 heterocycles. The quantitative estimate of drug-likeness (QED) is 0.0683. The van der Waals surface area contributed by atoms with Crippen LogP contribution in [-0.4, -0.2) is 326 Å². The molecular weight excluding hydrogens is 928 g/mol. The first kappa shape index (κ1) is 55.1. The molecule has 0 bridgehead atoms. The Labute approximate surface area is 378 Å². The summed E-state index contributed by atoms with van der Waals surface area (Å²) >= 11 is 0. The summed E-state index contributed by atoms with van der Waals surface area (Å²) in [5, 5.41) is 208. The molecule has 0 aromatic rings. The lowest BCUT2D eigenvalue weighted by molar-refractivity contribution is -0.376. The second-order valence-corrected chi connectivity index (χ2v) is 16.8. The lowest BCUT2D eigenvalue weighted by atomic mass is 9.96. The second-order valence-electron chi connectivity index (χ2n) is 16.8. The predicted molar refractivity (Wildman–Crippen MR) is 199 cm³/mol. The number of aliphatic hydroxyl groups excluding tert-OH is 20. The summed E-state index contributed by atoms with van der Waals surface area (Å²) in [5.41, 5.74) is 0. The number of aliphatic hydroxyl groups is 20. The third kappa shape index (κ3) is 11.5. The summed E-state index contributed by atoms with van der Waals surface area (Å²) in [6.45, 7) is -5.21. The Bertz CT molecular complexity index is 1500. The van der Waals surface area contributed by atoms with Crippen molar-refractivity contribution in [1.29, 1.82) is 0 Å².